The van der Waals surface area contributed by atoms with E-state index in [1.165, 1.54) is 25.3 Å². The second-order valence-corrected chi connectivity index (χ2v) is 7.66. The Morgan fingerprint density at radius 1 is 1.20 bits per heavy atom. The molecule has 0 radical (unpaired) electrons. The van der Waals surface area contributed by atoms with E-state index in [0.29, 0.717) is 16.2 Å². The Kier molecular flexibility index (Phi) is 4.03. The maximum absolute atomic E-state index is 12.6. The van der Waals surface area contributed by atoms with Gasteiger partial charge in [-0.05, 0) is 25.0 Å². The van der Waals surface area contributed by atoms with Crippen molar-refractivity contribution in [3.63, 3.8) is 0 Å². The summed E-state index contributed by atoms with van der Waals surface area (Å²) in [5.41, 5.74) is 0. The fraction of sp³-hybridized carbons (Fsp3) is 0.571. The number of carbonyl (C=O) groups is 2. The van der Waals surface area contributed by atoms with Gasteiger partial charge in [0.15, 0.2) is 0 Å². The molecule has 0 aromatic carbocycles. The van der Waals surface area contributed by atoms with Gasteiger partial charge in [0.05, 0.1) is 4.88 Å². The molecule has 1 saturated carbocycles. The summed E-state index contributed by atoms with van der Waals surface area (Å²) in [5, 5.41) is 9.53. The van der Waals surface area contributed by atoms with Gasteiger partial charge in [0.2, 0.25) is 0 Å². The molecular formula is C14H17NO3S2. The Labute approximate surface area is 126 Å². The molecule has 1 N–H and O–H groups in total. The van der Waals surface area contributed by atoms with Crippen LogP contribution in [0.1, 0.15) is 45.0 Å². The van der Waals surface area contributed by atoms with Crippen LogP contribution in [0.15, 0.2) is 12.1 Å². The predicted octanol–water partition coefficient (Wildman–Crippen LogP) is 2.95. The van der Waals surface area contributed by atoms with Gasteiger partial charge in [-0.1, -0.05) is 12.8 Å². The van der Waals surface area contributed by atoms with E-state index in [1.807, 2.05) is 16.7 Å². The van der Waals surface area contributed by atoms with Gasteiger partial charge in [-0.2, -0.15) is 11.8 Å². The van der Waals surface area contributed by atoms with Crippen LogP contribution in [0.3, 0.4) is 0 Å². The zero-order valence-electron chi connectivity index (χ0n) is 11.1. The molecule has 0 bridgehead atoms. The third-order valence-electron chi connectivity index (χ3n) is 4.02. The highest BCUT2D eigenvalue weighted by atomic mass is 32.2. The maximum Gasteiger partial charge on any atom is 0.345 e. The van der Waals surface area contributed by atoms with Gasteiger partial charge < -0.3 is 10.0 Å². The normalized spacial score (nSPS) is 26.1. The molecule has 1 aliphatic heterocycles. The standard InChI is InChI=1S/C14H17NO3S2/c16-13(11-5-6-12(20-11)14(17)18)15-7-8-19-10-4-2-1-3-9(10)15/h5-6,9-10H,1-4,7-8H2,(H,17,18). The van der Waals surface area contributed by atoms with Crippen molar-refractivity contribution in [2.45, 2.75) is 37.0 Å². The Morgan fingerprint density at radius 2 is 1.95 bits per heavy atom. The lowest BCUT2D eigenvalue weighted by atomic mass is 9.93. The maximum atomic E-state index is 12.6. The van der Waals surface area contributed by atoms with Gasteiger partial charge in [-0.3, -0.25) is 4.79 Å². The number of nitrogens with zero attached hydrogens (tertiary/aromatic N) is 1. The van der Waals surface area contributed by atoms with Gasteiger partial charge in [0, 0.05) is 23.6 Å². The Balaban J connectivity index is 1.79. The Hall–Kier alpha value is -1.01. The summed E-state index contributed by atoms with van der Waals surface area (Å²) in [6, 6.07) is 3.51. The number of hydrogen-bond donors (Lipinski definition) is 1. The lowest BCUT2D eigenvalue weighted by Gasteiger charge is -2.43. The molecule has 4 nitrogen and oxygen atoms in total. The summed E-state index contributed by atoms with van der Waals surface area (Å²) in [6.07, 6.45) is 4.74. The SMILES string of the molecule is O=C(O)c1ccc(C(=O)N2CCSC3CCCCC32)s1. The molecule has 1 aromatic rings. The fourth-order valence-corrected chi connectivity index (χ4v) is 5.30. The zero-order valence-corrected chi connectivity index (χ0v) is 12.7. The number of carboxylic acids is 1. The largest absolute Gasteiger partial charge is 0.477 e. The number of thioether (sulfide) groups is 1. The first-order valence-corrected chi connectivity index (χ1v) is 8.79. The van der Waals surface area contributed by atoms with Crippen molar-refractivity contribution in [1.82, 2.24) is 4.90 Å². The highest BCUT2D eigenvalue weighted by Gasteiger charge is 2.36. The van der Waals surface area contributed by atoms with Crippen LogP contribution in [-0.4, -0.2) is 45.5 Å². The number of amides is 1. The van der Waals surface area contributed by atoms with Crippen LogP contribution in [0.4, 0.5) is 0 Å². The van der Waals surface area contributed by atoms with E-state index in [-0.39, 0.29) is 10.8 Å². The van der Waals surface area contributed by atoms with Gasteiger partial charge in [0.25, 0.3) is 5.91 Å². The van der Waals surface area contributed by atoms with E-state index in [2.05, 4.69) is 0 Å². The van der Waals surface area contributed by atoms with E-state index >= 15 is 0 Å². The molecule has 1 amide bonds. The summed E-state index contributed by atoms with van der Waals surface area (Å²) in [7, 11) is 0. The summed E-state index contributed by atoms with van der Waals surface area (Å²) in [4.78, 5) is 26.3. The van der Waals surface area contributed by atoms with Crippen LogP contribution in [-0.2, 0) is 0 Å². The number of thiophene rings is 1. The molecule has 2 heterocycles. The lowest BCUT2D eigenvalue weighted by molar-refractivity contribution is 0.0650. The van der Waals surface area contributed by atoms with Crippen molar-refractivity contribution in [3.05, 3.63) is 21.9 Å². The molecule has 6 heteroatoms. The van der Waals surface area contributed by atoms with Crippen LogP contribution in [0.25, 0.3) is 0 Å². The predicted molar refractivity (Wildman–Crippen MR) is 80.8 cm³/mol. The molecule has 2 fully saturated rings. The smallest absolute Gasteiger partial charge is 0.345 e. The monoisotopic (exact) mass is 311 g/mol. The van der Waals surface area contributed by atoms with Crippen LogP contribution in [0, 0.1) is 0 Å². The second-order valence-electron chi connectivity index (χ2n) is 5.23. The average Bonchev–Trinajstić information content (AvgIpc) is 2.96. The van der Waals surface area contributed by atoms with Crippen molar-refractivity contribution in [2.75, 3.05) is 12.3 Å². The number of hydrogen-bond acceptors (Lipinski definition) is 4. The lowest BCUT2D eigenvalue weighted by Crippen LogP contribution is -2.51. The minimum Gasteiger partial charge on any atom is -0.477 e. The van der Waals surface area contributed by atoms with Crippen molar-refractivity contribution in [2.24, 2.45) is 0 Å². The van der Waals surface area contributed by atoms with E-state index in [4.69, 9.17) is 5.11 Å². The minimum absolute atomic E-state index is 0.0136. The van der Waals surface area contributed by atoms with E-state index < -0.39 is 5.97 Å². The van der Waals surface area contributed by atoms with Crippen LogP contribution in [0.5, 0.6) is 0 Å². The number of carbonyl (C=O) groups excluding carboxylic acids is 1. The quantitative estimate of drug-likeness (QED) is 0.912. The topological polar surface area (TPSA) is 57.6 Å². The van der Waals surface area contributed by atoms with Gasteiger partial charge in [0.1, 0.15) is 4.88 Å². The van der Waals surface area contributed by atoms with Gasteiger partial charge in [-0.25, -0.2) is 4.79 Å². The highest BCUT2D eigenvalue weighted by molar-refractivity contribution is 8.00. The molecule has 1 saturated heterocycles. The zero-order chi connectivity index (χ0) is 14.1. The molecule has 1 aromatic heterocycles. The van der Waals surface area contributed by atoms with Gasteiger partial charge in [-0.15, -0.1) is 11.3 Å². The number of rotatable bonds is 2. The van der Waals surface area contributed by atoms with E-state index in [1.54, 1.807) is 6.07 Å². The summed E-state index contributed by atoms with van der Waals surface area (Å²) < 4.78 is 0. The van der Waals surface area contributed by atoms with Crippen molar-refractivity contribution >= 4 is 35.0 Å². The first-order chi connectivity index (χ1) is 9.66. The summed E-state index contributed by atoms with van der Waals surface area (Å²) in [6.45, 7) is 0.783. The molecule has 2 unspecified atom stereocenters. The average molecular weight is 311 g/mol. The minimum atomic E-state index is -0.959. The third-order valence-corrected chi connectivity index (χ3v) is 6.48. The van der Waals surface area contributed by atoms with Gasteiger partial charge >= 0.3 is 5.97 Å². The Morgan fingerprint density at radius 3 is 2.70 bits per heavy atom. The fourth-order valence-electron chi connectivity index (χ4n) is 3.06. The second kappa shape index (κ2) is 5.77. The Bertz CT molecular complexity index is 526. The molecular weight excluding hydrogens is 294 g/mol. The number of carboxylic acid groups (broad SMARTS) is 1. The number of fused-ring (bicyclic) bond motifs is 1. The molecule has 0 spiro atoms. The van der Waals surface area contributed by atoms with Crippen molar-refractivity contribution in [3.8, 4) is 0 Å². The first-order valence-electron chi connectivity index (χ1n) is 6.92. The summed E-state index contributed by atoms with van der Waals surface area (Å²) >= 11 is 3.07. The van der Waals surface area contributed by atoms with E-state index in [9.17, 15) is 9.59 Å². The van der Waals surface area contributed by atoms with Crippen LogP contribution in [0.2, 0.25) is 0 Å². The molecule has 1 aliphatic carbocycles. The number of aromatic carboxylic acids is 1. The molecule has 2 atom stereocenters. The highest BCUT2D eigenvalue weighted by Crippen LogP contribution is 2.36. The molecule has 2 aliphatic rings. The molecule has 3 rings (SSSR count). The van der Waals surface area contributed by atoms with Crippen LogP contribution < -0.4 is 0 Å². The van der Waals surface area contributed by atoms with Crippen molar-refractivity contribution < 1.29 is 14.7 Å². The van der Waals surface area contributed by atoms with Crippen LogP contribution >= 0.6 is 23.1 Å². The molecule has 108 valence electrons. The van der Waals surface area contributed by atoms with Crippen molar-refractivity contribution in [1.29, 1.82) is 0 Å². The summed E-state index contributed by atoms with van der Waals surface area (Å²) in [5.74, 6) is 0.0443. The third kappa shape index (κ3) is 2.59. The molecule has 20 heavy (non-hydrogen) atoms. The first kappa shape index (κ1) is 13.9. The van der Waals surface area contributed by atoms with E-state index in [0.717, 1.165) is 30.1 Å².